The lowest BCUT2D eigenvalue weighted by atomic mass is 10.00. The molecule has 0 aromatic carbocycles. The van der Waals surface area contributed by atoms with E-state index in [1.54, 1.807) is 13.8 Å². The van der Waals surface area contributed by atoms with Crippen molar-refractivity contribution < 1.29 is 34.3 Å². The van der Waals surface area contributed by atoms with Crippen LogP contribution in [-0.4, -0.2) is 57.9 Å². The summed E-state index contributed by atoms with van der Waals surface area (Å²) in [7, 11) is 0. The Morgan fingerprint density at radius 2 is 1.74 bits per heavy atom. The fourth-order valence-corrected chi connectivity index (χ4v) is 2.10. The van der Waals surface area contributed by atoms with Crippen LogP contribution in [0.4, 0.5) is 0 Å². The van der Waals surface area contributed by atoms with E-state index >= 15 is 0 Å². The fourth-order valence-electron chi connectivity index (χ4n) is 2.10. The van der Waals surface area contributed by atoms with Crippen LogP contribution in [0.5, 0.6) is 0 Å². The monoisotopic (exact) mass is 274 g/mol. The summed E-state index contributed by atoms with van der Waals surface area (Å²) >= 11 is 0. The van der Waals surface area contributed by atoms with Crippen molar-refractivity contribution in [1.82, 2.24) is 0 Å². The van der Waals surface area contributed by atoms with Crippen LogP contribution in [0.2, 0.25) is 0 Å². The van der Waals surface area contributed by atoms with Crippen molar-refractivity contribution >= 4 is 5.78 Å². The summed E-state index contributed by atoms with van der Waals surface area (Å²) in [6.07, 6.45) is -6.64. The Hall–Kier alpha value is -1.15. The van der Waals surface area contributed by atoms with Gasteiger partial charge in [-0.3, -0.25) is 4.79 Å². The van der Waals surface area contributed by atoms with Crippen LogP contribution in [0.1, 0.15) is 20.8 Å². The number of allylic oxidation sites excluding steroid dienone is 1. The third-order valence-electron chi connectivity index (χ3n) is 3.31. The number of ketones is 1. The number of aliphatic hydroxyl groups is 3. The van der Waals surface area contributed by atoms with E-state index in [4.69, 9.17) is 14.2 Å². The Bertz CT molecular complexity index is 405. The highest BCUT2D eigenvalue weighted by atomic mass is 16.7. The second kappa shape index (κ2) is 5.09. The number of hydrogen-bond donors (Lipinski definition) is 3. The van der Waals surface area contributed by atoms with Crippen molar-refractivity contribution in [3.63, 3.8) is 0 Å². The number of carbonyl (C=O) groups is 1. The summed E-state index contributed by atoms with van der Waals surface area (Å²) in [5.74, 6) is -0.0598. The van der Waals surface area contributed by atoms with Crippen LogP contribution in [0.25, 0.3) is 0 Å². The molecule has 1 fully saturated rings. The molecule has 0 aromatic heterocycles. The van der Waals surface area contributed by atoms with E-state index in [0.717, 1.165) is 0 Å². The maximum Gasteiger partial charge on any atom is 0.241 e. The van der Waals surface area contributed by atoms with Crippen molar-refractivity contribution in [3.8, 4) is 0 Å². The van der Waals surface area contributed by atoms with Gasteiger partial charge in [-0.1, -0.05) is 0 Å². The molecule has 19 heavy (non-hydrogen) atoms. The Balaban J connectivity index is 2.11. The van der Waals surface area contributed by atoms with E-state index in [2.05, 4.69) is 0 Å². The topological polar surface area (TPSA) is 105 Å². The molecule has 2 aliphatic heterocycles. The van der Waals surface area contributed by atoms with Gasteiger partial charge in [0.1, 0.15) is 24.1 Å². The number of hydrogen-bond acceptors (Lipinski definition) is 7. The highest BCUT2D eigenvalue weighted by Gasteiger charge is 2.45. The van der Waals surface area contributed by atoms with E-state index in [1.165, 1.54) is 6.92 Å². The maximum atomic E-state index is 11.8. The van der Waals surface area contributed by atoms with Crippen LogP contribution < -0.4 is 0 Å². The first-order chi connectivity index (χ1) is 8.82. The molecule has 0 unspecified atom stereocenters. The lowest BCUT2D eigenvalue weighted by Crippen LogP contribution is -2.57. The molecule has 0 bridgehead atoms. The molecule has 7 heteroatoms. The van der Waals surface area contributed by atoms with E-state index < -0.39 is 36.8 Å². The van der Waals surface area contributed by atoms with Crippen molar-refractivity contribution in [2.45, 2.75) is 57.6 Å². The molecule has 0 amide bonds. The second-order valence-corrected chi connectivity index (χ2v) is 4.81. The first-order valence-electron chi connectivity index (χ1n) is 6.11. The van der Waals surface area contributed by atoms with Crippen molar-refractivity contribution in [2.24, 2.45) is 0 Å². The van der Waals surface area contributed by atoms with E-state index in [1.807, 2.05) is 0 Å². The SMILES string of the molecule is CC1=C(O[C@@H]2O[C@@H](C)[C@@H](O)[C@@H](O)[C@@H]2O)C(=O)[C@H](C)O1. The molecule has 0 saturated carbocycles. The molecule has 0 radical (unpaired) electrons. The molecular weight excluding hydrogens is 256 g/mol. The van der Waals surface area contributed by atoms with Gasteiger partial charge >= 0.3 is 0 Å². The summed E-state index contributed by atoms with van der Waals surface area (Å²) in [6, 6.07) is 0. The molecule has 2 heterocycles. The quantitative estimate of drug-likeness (QED) is 0.596. The van der Waals surface area contributed by atoms with Gasteiger partial charge < -0.3 is 29.5 Å². The van der Waals surface area contributed by atoms with E-state index in [0.29, 0.717) is 5.76 Å². The summed E-state index contributed by atoms with van der Waals surface area (Å²) in [6.45, 7) is 4.69. The van der Waals surface area contributed by atoms with Gasteiger partial charge in [0.2, 0.25) is 17.8 Å². The zero-order valence-corrected chi connectivity index (χ0v) is 10.9. The normalized spacial score (nSPS) is 43.4. The Kier molecular flexibility index (Phi) is 3.82. The lowest BCUT2D eigenvalue weighted by Gasteiger charge is -2.38. The fraction of sp³-hybridized carbons (Fsp3) is 0.750. The highest BCUT2D eigenvalue weighted by molar-refractivity contribution is 5.99. The largest absolute Gasteiger partial charge is 0.483 e. The Labute approximate surface area is 110 Å². The average Bonchev–Trinajstić information content (AvgIpc) is 2.60. The standard InChI is InChI=1S/C12H18O7/c1-4-7(13)9(15)10(16)12(18-4)19-11-6(3)17-5(2)8(11)14/h4-5,7,9-10,12-13,15-16H,1-3H3/t4-,5-,7+,9+,10-,12-/m0/s1. The van der Waals surface area contributed by atoms with Gasteiger partial charge in [-0.05, 0) is 20.8 Å². The zero-order chi connectivity index (χ0) is 14.3. The maximum absolute atomic E-state index is 11.8. The number of Topliss-reactive ketones (excluding diaryl/α,β-unsaturated/α-hetero) is 1. The van der Waals surface area contributed by atoms with Crippen molar-refractivity contribution in [3.05, 3.63) is 11.5 Å². The lowest BCUT2D eigenvalue weighted by molar-refractivity contribution is -0.282. The van der Waals surface area contributed by atoms with Gasteiger partial charge in [-0.15, -0.1) is 0 Å². The smallest absolute Gasteiger partial charge is 0.241 e. The van der Waals surface area contributed by atoms with Crippen LogP contribution in [0.15, 0.2) is 11.5 Å². The van der Waals surface area contributed by atoms with Gasteiger partial charge in [-0.25, -0.2) is 0 Å². The molecule has 0 aromatic rings. The molecule has 108 valence electrons. The summed E-state index contributed by atoms with van der Waals surface area (Å²) < 4.78 is 15.8. The minimum absolute atomic E-state index is 0.0210. The molecule has 1 saturated heterocycles. The third-order valence-corrected chi connectivity index (χ3v) is 3.31. The van der Waals surface area contributed by atoms with Crippen molar-refractivity contribution in [1.29, 1.82) is 0 Å². The Morgan fingerprint density at radius 1 is 1.11 bits per heavy atom. The number of aliphatic hydroxyl groups excluding tert-OH is 3. The predicted octanol–water partition coefficient (Wildman–Crippen LogP) is -0.950. The van der Waals surface area contributed by atoms with Crippen LogP contribution in [0, 0.1) is 0 Å². The Morgan fingerprint density at radius 3 is 2.26 bits per heavy atom. The minimum Gasteiger partial charge on any atom is -0.483 e. The molecular formula is C12H18O7. The summed E-state index contributed by atoms with van der Waals surface area (Å²) in [5.41, 5.74) is 0. The van der Waals surface area contributed by atoms with E-state index in [9.17, 15) is 20.1 Å². The number of rotatable bonds is 2. The third kappa shape index (κ3) is 2.46. The van der Waals surface area contributed by atoms with Gasteiger partial charge in [0, 0.05) is 0 Å². The minimum atomic E-state index is -1.45. The molecule has 3 N–H and O–H groups in total. The van der Waals surface area contributed by atoms with Gasteiger partial charge in [0.05, 0.1) is 6.10 Å². The summed E-state index contributed by atoms with van der Waals surface area (Å²) in [5, 5.41) is 29.0. The van der Waals surface area contributed by atoms with E-state index in [-0.39, 0.29) is 11.5 Å². The number of ether oxygens (including phenoxy) is 3. The molecule has 6 atom stereocenters. The van der Waals surface area contributed by atoms with Crippen molar-refractivity contribution in [2.75, 3.05) is 0 Å². The zero-order valence-electron chi connectivity index (χ0n) is 10.9. The molecule has 7 nitrogen and oxygen atoms in total. The van der Waals surface area contributed by atoms with Gasteiger partial charge in [0.15, 0.2) is 6.10 Å². The number of carbonyl (C=O) groups excluding carboxylic acids is 1. The molecule has 2 rings (SSSR count). The van der Waals surface area contributed by atoms with Crippen LogP contribution >= 0.6 is 0 Å². The average molecular weight is 274 g/mol. The first-order valence-corrected chi connectivity index (χ1v) is 6.11. The van der Waals surface area contributed by atoms with Gasteiger partial charge in [-0.2, -0.15) is 0 Å². The van der Waals surface area contributed by atoms with Crippen LogP contribution in [0.3, 0.4) is 0 Å². The second-order valence-electron chi connectivity index (χ2n) is 4.81. The highest BCUT2D eigenvalue weighted by Crippen LogP contribution is 2.28. The van der Waals surface area contributed by atoms with Gasteiger partial charge in [0.25, 0.3) is 0 Å². The first kappa shape index (κ1) is 14.3. The predicted molar refractivity (Wildman–Crippen MR) is 61.7 cm³/mol. The van der Waals surface area contributed by atoms with Crippen LogP contribution in [-0.2, 0) is 19.0 Å². The molecule has 0 spiro atoms. The summed E-state index contributed by atoms with van der Waals surface area (Å²) in [4.78, 5) is 11.8. The molecule has 0 aliphatic carbocycles. The molecule has 2 aliphatic rings.